The van der Waals surface area contributed by atoms with Crippen molar-refractivity contribution in [1.29, 1.82) is 0 Å². The first kappa shape index (κ1) is 20.8. The van der Waals surface area contributed by atoms with Crippen LogP contribution in [0.5, 0.6) is 0 Å². The van der Waals surface area contributed by atoms with Crippen molar-refractivity contribution in [2.45, 2.75) is 65.2 Å². The van der Waals surface area contributed by atoms with Crippen LogP contribution in [0.15, 0.2) is 0 Å². The molecule has 1 fully saturated rings. The number of esters is 1. The van der Waals surface area contributed by atoms with Gasteiger partial charge in [-0.25, -0.2) is 4.79 Å². The molecule has 28 heavy (non-hydrogen) atoms. The van der Waals surface area contributed by atoms with Crippen molar-refractivity contribution in [3.05, 3.63) is 16.0 Å². The maximum absolute atomic E-state index is 12.9. The van der Waals surface area contributed by atoms with E-state index in [0.717, 1.165) is 49.0 Å². The fraction of sp³-hybridized carbons (Fsp3) is 0.667. The van der Waals surface area contributed by atoms with E-state index in [2.05, 4.69) is 12.2 Å². The Morgan fingerprint density at radius 2 is 1.89 bits per heavy atom. The number of anilines is 1. The molecular formula is C21H29NO5S. The van der Waals surface area contributed by atoms with Gasteiger partial charge in [-0.05, 0) is 50.0 Å². The van der Waals surface area contributed by atoms with E-state index in [-0.39, 0.29) is 11.9 Å². The molecule has 0 aliphatic heterocycles. The van der Waals surface area contributed by atoms with E-state index in [4.69, 9.17) is 4.74 Å². The predicted octanol–water partition coefficient (Wildman–Crippen LogP) is 4.27. The van der Waals surface area contributed by atoms with Gasteiger partial charge in [0.05, 0.1) is 24.0 Å². The number of carboxylic acid groups (broad SMARTS) is 1. The second-order valence-corrected chi connectivity index (χ2v) is 9.12. The number of carboxylic acids is 1. The minimum absolute atomic E-state index is 0.289. The molecule has 3 unspecified atom stereocenters. The van der Waals surface area contributed by atoms with Crippen LogP contribution >= 0.6 is 11.3 Å². The van der Waals surface area contributed by atoms with E-state index in [1.54, 1.807) is 0 Å². The largest absolute Gasteiger partial charge is 0.481 e. The number of hydrogen-bond acceptors (Lipinski definition) is 5. The second-order valence-electron chi connectivity index (χ2n) is 8.02. The van der Waals surface area contributed by atoms with Crippen molar-refractivity contribution >= 4 is 34.2 Å². The summed E-state index contributed by atoms with van der Waals surface area (Å²) in [4.78, 5) is 38.3. The van der Waals surface area contributed by atoms with Gasteiger partial charge in [-0.1, -0.05) is 26.7 Å². The lowest BCUT2D eigenvalue weighted by atomic mass is 9.78. The Morgan fingerprint density at radius 3 is 2.57 bits per heavy atom. The van der Waals surface area contributed by atoms with Crippen LogP contribution in [0.1, 0.15) is 73.2 Å². The number of fused-ring (bicyclic) bond motifs is 1. The van der Waals surface area contributed by atoms with Gasteiger partial charge in [0.15, 0.2) is 0 Å². The number of amides is 1. The van der Waals surface area contributed by atoms with Crippen LogP contribution in [0, 0.1) is 17.8 Å². The van der Waals surface area contributed by atoms with Crippen molar-refractivity contribution in [3.63, 3.8) is 0 Å². The van der Waals surface area contributed by atoms with E-state index in [9.17, 15) is 19.5 Å². The Bertz CT molecular complexity index is 756. The molecule has 6 nitrogen and oxygen atoms in total. The number of ether oxygens (including phenoxy) is 1. The van der Waals surface area contributed by atoms with Gasteiger partial charge < -0.3 is 15.2 Å². The molecule has 0 aromatic carbocycles. The number of carbonyl (C=O) groups is 3. The topological polar surface area (TPSA) is 92.7 Å². The smallest absolute Gasteiger partial charge is 0.341 e. The molecule has 1 heterocycles. The Balaban J connectivity index is 1.87. The fourth-order valence-electron chi connectivity index (χ4n) is 4.27. The maximum Gasteiger partial charge on any atom is 0.341 e. The minimum Gasteiger partial charge on any atom is -0.481 e. The van der Waals surface area contributed by atoms with Crippen LogP contribution in [0.4, 0.5) is 5.00 Å². The van der Waals surface area contributed by atoms with Gasteiger partial charge in [0.25, 0.3) is 0 Å². The molecule has 1 amide bonds. The average Bonchev–Trinajstić information content (AvgIpc) is 3.02. The van der Waals surface area contributed by atoms with E-state index >= 15 is 0 Å². The summed E-state index contributed by atoms with van der Waals surface area (Å²) in [5.74, 6) is -2.25. The summed E-state index contributed by atoms with van der Waals surface area (Å²) in [5, 5.41) is 12.9. The lowest BCUT2D eigenvalue weighted by molar-refractivity contribution is -0.147. The summed E-state index contributed by atoms with van der Waals surface area (Å²) in [6.45, 7) is 4.47. The summed E-state index contributed by atoms with van der Waals surface area (Å²) in [5.41, 5.74) is 1.48. The molecule has 7 heteroatoms. The van der Waals surface area contributed by atoms with E-state index in [1.165, 1.54) is 11.3 Å². The highest BCUT2D eigenvalue weighted by Gasteiger charge is 2.37. The lowest BCUT2D eigenvalue weighted by Gasteiger charge is -2.27. The number of hydrogen-bond donors (Lipinski definition) is 2. The fourth-order valence-corrected chi connectivity index (χ4v) is 5.67. The summed E-state index contributed by atoms with van der Waals surface area (Å²) in [7, 11) is 0. The van der Waals surface area contributed by atoms with Gasteiger partial charge >= 0.3 is 11.9 Å². The van der Waals surface area contributed by atoms with Crippen LogP contribution < -0.4 is 5.32 Å². The summed E-state index contributed by atoms with van der Waals surface area (Å²) < 4.78 is 5.38. The zero-order valence-electron chi connectivity index (χ0n) is 16.6. The lowest BCUT2D eigenvalue weighted by Crippen LogP contribution is -2.36. The third-order valence-electron chi connectivity index (χ3n) is 5.81. The Hall–Kier alpha value is -1.89. The molecule has 0 radical (unpaired) electrons. The van der Waals surface area contributed by atoms with Crippen molar-refractivity contribution in [2.24, 2.45) is 17.8 Å². The quantitative estimate of drug-likeness (QED) is 0.687. The van der Waals surface area contributed by atoms with Crippen molar-refractivity contribution in [1.82, 2.24) is 0 Å². The Labute approximate surface area is 169 Å². The van der Waals surface area contributed by atoms with E-state index in [0.29, 0.717) is 35.9 Å². The molecule has 3 rings (SSSR count). The van der Waals surface area contributed by atoms with Gasteiger partial charge in [-0.2, -0.15) is 0 Å². The molecule has 1 aromatic heterocycles. The molecule has 2 aliphatic rings. The van der Waals surface area contributed by atoms with Gasteiger partial charge in [0.2, 0.25) is 5.91 Å². The summed E-state index contributed by atoms with van der Waals surface area (Å²) >= 11 is 1.45. The summed E-state index contributed by atoms with van der Waals surface area (Å²) in [6, 6.07) is 0. The van der Waals surface area contributed by atoms with Gasteiger partial charge in [0.1, 0.15) is 5.00 Å². The monoisotopic (exact) mass is 407 g/mol. The van der Waals surface area contributed by atoms with Crippen LogP contribution in [0.2, 0.25) is 0 Å². The molecular weight excluding hydrogens is 378 g/mol. The average molecular weight is 408 g/mol. The standard InChI is InChI=1S/C21H29NO5S/c1-3-10-27-21(26)17-15-9-8-12(2)11-16(15)28-19(17)22-18(23)13-6-4-5-7-14(13)20(24)25/h12-14H,3-11H2,1-2H3,(H,22,23)(H,24,25). The van der Waals surface area contributed by atoms with E-state index in [1.807, 2.05) is 6.92 Å². The Morgan fingerprint density at radius 1 is 1.18 bits per heavy atom. The molecule has 3 atom stereocenters. The number of aliphatic carboxylic acids is 1. The first-order chi connectivity index (χ1) is 13.4. The number of nitrogens with one attached hydrogen (secondary N) is 1. The molecule has 154 valence electrons. The molecule has 0 spiro atoms. The van der Waals surface area contributed by atoms with Gasteiger partial charge in [-0.3, -0.25) is 9.59 Å². The van der Waals surface area contributed by atoms with Gasteiger partial charge in [-0.15, -0.1) is 11.3 Å². The number of rotatable bonds is 6. The highest BCUT2D eigenvalue weighted by molar-refractivity contribution is 7.17. The maximum atomic E-state index is 12.9. The highest BCUT2D eigenvalue weighted by atomic mass is 32.1. The third kappa shape index (κ3) is 4.40. The van der Waals surface area contributed by atoms with Crippen LogP contribution in [0.3, 0.4) is 0 Å². The molecule has 2 aliphatic carbocycles. The molecule has 1 saturated carbocycles. The van der Waals surface area contributed by atoms with Gasteiger partial charge in [0, 0.05) is 4.88 Å². The Kier molecular flexibility index (Phi) is 6.75. The van der Waals surface area contributed by atoms with Crippen molar-refractivity contribution in [2.75, 3.05) is 11.9 Å². The molecule has 1 aromatic rings. The normalized spacial score (nSPS) is 24.3. The van der Waals surface area contributed by atoms with Crippen LogP contribution in [-0.2, 0) is 27.2 Å². The number of carbonyl (C=O) groups excluding carboxylic acids is 2. The van der Waals surface area contributed by atoms with Crippen LogP contribution in [-0.4, -0.2) is 29.6 Å². The van der Waals surface area contributed by atoms with Crippen molar-refractivity contribution in [3.8, 4) is 0 Å². The van der Waals surface area contributed by atoms with E-state index < -0.39 is 17.8 Å². The summed E-state index contributed by atoms with van der Waals surface area (Å²) in [6.07, 6.45) is 6.23. The zero-order valence-corrected chi connectivity index (χ0v) is 17.4. The highest BCUT2D eigenvalue weighted by Crippen LogP contribution is 2.41. The minimum atomic E-state index is -0.915. The van der Waals surface area contributed by atoms with Crippen LogP contribution in [0.25, 0.3) is 0 Å². The first-order valence-corrected chi connectivity index (χ1v) is 11.1. The third-order valence-corrected chi connectivity index (χ3v) is 6.98. The zero-order chi connectivity index (χ0) is 20.3. The SMILES string of the molecule is CCCOC(=O)c1c(NC(=O)C2CCCCC2C(=O)O)sc2c1CCC(C)C2. The molecule has 2 N–H and O–H groups in total. The first-order valence-electron chi connectivity index (χ1n) is 10.3. The second kappa shape index (κ2) is 9.07. The molecule has 0 saturated heterocycles. The van der Waals surface area contributed by atoms with Crippen molar-refractivity contribution < 1.29 is 24.2 Å². The molecule has 0 bridgehead atoms. The number of thiophene rings is 1. The predicted molar refractivity (Wildman–Crippen MR) is 108 cm³/mol.